The van der Waals surface area contributed by atoms with Crippen LogP contribution in [0, 0.1) is 5.92 Å². The summed E-state index contributed by atoms with van der Waals surface area (Å²) in [6, 6.07) is 15.0. The number of rotatable bonds is 4. The van der Waals surface area contributed by atoms with E-state index < -0.39 is 0 Å². The van der Waals surface area contributed by atoms with Crippen molar-refractivity contribution in [3.8, 4) is 0 Å². The highest BCUT2D eigenvalue weighted by Gasteiger charge is 2.12. The summed E-state index contributed by atoms with van der Waals surface area (Å²) in [7, 11) is 0. The van der Waals surface area contributed by atoms with E-state index in [0.29, 0.717) is 0 Å². The average molecular weight is 255 g/mol. The van der Waals surface area contributed by atoms with Crippen LogP contribution in [0.15, 0.2) is 42.5 Å². The molecule has 0 bridgehead atoms. The Morgan fingerprint density at radius 2 is 1.79 bits per heavy atom. The largest absolute Gasteiger partial charge is 0.376 e. The molecule has 1 saturated heterocycles. The first-order valence-electron chi connectivity index (χ1n) is 7.18. The Balaban J connectivity index is 1.62. The third kappa shape index (κ3) is 3.14. The minimum Gasteiger partial charge on any atom is -0.376 e. The molecule has 19 heavy (non-hydrogen) atoms. The van der Waals surface area contributed by atoms with Gasteiger partial charge in [0.15, 0.2) is 0 Å². The minimum absolute atomic E-state index is 0.727. The van der Waals surface area contributed by atoms with E-state index in [4.69, 9.17) is 4.74 Å². The standard InChI is InChI=1S/C17H21NO/c1-2-7-17-15(4-1)5-3-6-16(17)13-19-12-14-8-10-18-11-9-14/h1-7,14,18H,8-13H2. The molecule has 1 aliphatic heterocycles. The lowest BCUT2D eigenvalue weighted by Crippen LogP contribution is -2.29. The maximum Gasteiger partial charge on any atom is 0.0723 e. The van der Waals surface area contributed by atoms with Gasteiger partial charge in [-0.3, -0.25) is 0 Å². The summed E-state index contributed by atoms with van der Waals surface area (Å²) in [4.78, 5) is 0. The van der Waals surface area contributed by atoms with Crippen molar-refractivity contribution in [1.82, 2.24) is 5.32 Å². The zero-order valence-corrected chi connectivity index (χ0v) is 11.3. The molecule has 0 aromatic heterocycles. The van der Waals surface area contributed by atoms with Crippen molar-refractivity contribution in [3.63, 3.8) is 0 Å². The number of benzene rings is 2. The van der Waals surface area contributed by atoms with Crippen LogP contribution in [0.5, 0.6) is 0 Å². The van der Waals surface area contributed by atoms with Gasteiger partial charge in [0.2, 0.25) is 0 Å². The van der Waals surface area contributed by atoms with Gasteiger partial charge in [-0.15, -0.1) is 0 Å². The Labute approximate surface area is 114 Å². The van der Waals surface area contributed by atoms with Crippen molar-refractivity contribution in [3.05, 3.63) is 48.0 Å². The summed E-state index contributed by atoms with van der Waals surface area (Å²) in [5.41, 5.74) is 1.30. The molecule has 2 aromatic rings. The zero-order valence-electron chi connectivity index (χ0n) is 11.3. The molecule has 2 heteroatoms. The second-order valence-corrected chi connectivity index (χ2v) is 5.35. The number of hydrogen-bond acceptors (Lipinski definition) is 2. The molecule has 3 rings (SSSR count). The van der Waals surface area contributed by atoms with E-state index in [1.54, 1.807) is 0 Å². The van der Waals surface area contributed by atoms with Gasteiger partial charge in [-0.1, -0.05) is 42.5 Å². The van der Waals surface area contributed by atoms with Crippen LogP contribution in [0.2, 0.25) is 0 Å². The van der Waals surface area contributed by atoms with Crippen LogP contribution >= 0.6 is 0 Å². The fourth-order valence-corrected chi connectivity index (χ4v) is 2.80. The molecule has 1 N–H and O–H groups in total. The summed E-state index contributed by atoms with van der Waals surface area (Å²) in [5.74, 6) is 0.733. The number of ether oxygens (including phenoxy) is 1. The fourth-order valence-electron chi connectivity index (χ4n) is 2.80. The molecule has 0 aliphatic carbocycles. The minimum atomic E-state index is 0.727. The average Bonchev–Trinajstić information content (AvgIpc) is 2.49. The summed E-state index contributed by atoms with van der Waals surface area (Å²) >= 11 is 0. The smallest absolute Gasteiger partial charge is 0.0723 e. The van der Waals surface area contributed by atoms with E-state index in [1.165, 1.54) is 29.2 Å². The summed E-state index contributed by atoms with van der Waals surface area (Å²) < 4.78 is 5.94. The van der Waals surface area contributed by atoms with Gasteiger partial charge in [-0.05, 0) is 48.2 Å². The van der Waals surface area contributed by atoms with Gasteiger partial charge in [-0.2, -0.15) is 0 Å². The van der Waals surface area contributed by atoms with E-state index in [-0.39, 0.29) is 0 Å². The molecule has 1 heterocycles. The Kier molecular flexibility index (Phi) is 4.11. The number of nitrogens with one attached hydrogen (secondary N) is 1. The van der Waals surface area contributed by atoms with Crippen LogP contribution in [0.3, 0.4) is 0 Å². The van der Waals surface area contributed by atoms with Gasteiger partial charge in [0.25, 0.3) is 0 Å². The first-order chi connectivity index (χ1) is 9.43. The monoisotopic (exact) mass is 255 g/mol. The van der Waals surface area contributed by atoms with Crippen molar-refractivity contribution in [1.29, 1.82) is 0 Å². The van der Waals surface area contributed by atoms with E-state index in [1.807, 2.05) is 0 Å². The van der Waals surface area contributed by atoms with Crippen molar-refractivity contribution in [2.24, 2.45) is 5.92 Å². The van der Waals surface area contributed by atoms with E-state index in [9.17, 15) is 0 Å². The van der Waals surface area contributed by atoms with Crippen molar-refractivity contribution in [2.75, 3.05) is 19.7 Å². The Morgan fingerprint density at radius 3 is 2.68 bits per heavy atom. The highest BCUT2D eigenvalue weighted by molar-refractivity contribution is 5.85. The lowest BCUT2D eigenvalue weighted by Gasteiger charge is -2.22. The lowest BCUT2D eigenvalue weighted by atomic mass is 9.99. The molecule has 0 unspecified atom stereocenters. The Morgan fingerprint density at radius 1 is 1.00 bits per heavy atom. The summed E-state index contributed by atoms with van der Waals surface area (Å²) in [5, 5.41) is 6.00. The molecule has 0 spiro atoms. The lowest BCUT2D eigenvalue weighted by molar-refractivity contribution is 0.0770. The molecular weight excluding hydrogens is 234 g/mol. The molecule has 0 saturated carbocycles. The van der Waals surface area contributed by atoms with Crippen LogP contribution in [0.25, 0.3) is 10.8 Å². The maximum atomic E-state index is 5.94. The maximum absolute atomic E-state index is 5.94. The highest BCUT2D eigenvalue weighted by atomic mass is 16.5. The van der Waals surface area contributed by atoms with Crippen molar-refractivity contribution >= 4 is 10.8 Å². The molecule has 0 atom stereocenters. The number of fused-ring (bicyclic) bond motifs is 1. The topological polar surface area (TPSA) is 21.3 Å². The predicted molar refractivity (Wildman–Crippen MR) is 79.2 cm³/mol. The van der Waals surface area contributed by atoms with Crippen molar-refractivity contribution in [2.45, 2.75) is 19.4 Å². The first-order valence-corrected chi connectivity index (χ1v) is 7.18. The molecule has 0 amide bonds. The summed E-state index contributed by atoms with van der Waals surface area (Å²) in [6.07, 6.45) is 2.49. The van der Waals surface area contributed by atoms with Gasteiger partial charge < -0.3 is 10.1 Å². The normalized spacial score (nSPS) is 16.8. The van der Waals surface area contributed by atoms with E-state index in [0.717, 1.165) is 32.2 Å². The predicted octanol–water partition coefficient (Wildman–Crippen LogP) is 3.36. The van der Waals surface area contributed by atoms with E-state index in [2.05, 4.69) is 47.8 Å². The third-order valence-electron chi connectivity index (χ3n) is 3.95. The van der Waals surface area contributed by atoms with Crippen LogP contribution in [-0.4, -0.2) is 19.7 Å². The Hall–Kier alpha value is -1.38. The van der Waals surface area contributed by atoms with Crippen LogP contribution in [0.4, 0.5) is 0 Å². The fraction of sp³-hybridized carbons (Fsp3) is 0.412. The van der Waals surface area contributed by atoms with Crippen LogP contribution in [0.1, 0.15) is 18.4 Å². The van der Waals surface area contributed by atoms with Gasteiger partial charge in [0, 0.05) is 6.61 Å². The molecule has 2 aromatic carbocycles. The molecule has 1 aliphatic rings. The van der Waals surface area contributed by atoms with Gasteiger partial charge >= 0.3 is 0 Å². The SMILES string of the molecule is c1ccc2c(COCC3CCNCC3)cccc2c1. The molecule has 100 valence electrons. The second kappa shape index (κ2) is 6.18. The van der Waals surface area contributed by atoms with Gasteiger partial charge in [0.1, 0.15) is 0 Å². The van der Waals surface area contributed by atoms with Gasteiger partial charge in [-0.25, -0.2) is 0 Å². The quantitative estimate of drug-likeness (QED) is 0.904. The van der Waals surface area contributed by atoms with Crippen LogP contribution < -0.4 is 5.32 Å². The molecular formula is C17H21NO. The van der Waals surface area contributed by atoms with Crippen LogP contribution in [-0.2, 0) is 11.3 Å². The van der Waals surface area contributed by atoms with E-state index >= 15 is 0 Å². The Bertz CT molecular complexity index is 526. The number of piperidine rings is 1. The number of hydrogen-bond donors (Lipinski definition) is 1. The molecule has 1 fully saturated rings. The second-order valence-electron chi connectivity index (χ2n) is 5.35. The molecule has 0 radical (unpaired) electrons. The third-order valence-corrected chi connectivity index (χ3v) is 3.95. The summed E-state index contributed by atoms with van der Waals surface area (Å²) in [6.45, 7) is 3.90. The van der Waals surface area contributed by atoms with Gasteiger partial charge in [0.05, 0.1) is 6.61 Å². The molecule has 2 nitrogen and oxygen atoms in total. The zero-order chi connectivity index (χ0) is 12.9. The van der Waals surface area contributed by atoms with Crippen molar-refractivity contribution < 1.29 is 4.74 Å². The highest BCUT2D eigenvalue weighted by Crippen LogP contribution is 2.20. The first kappa shape index (κ1) is 12.6.